The number of aromatic nitrogens is 2. The molecule has 13 heavy (non-hydrogen) atoms. The van der Waals surface area contributed by atoms with E-state index in [1.807, 2.05) is 0 Å². The number of rotatable bonds is 3. The lowest BCUT2D eigenvalue weighted by Gasteiger charge is -2.07. The predicted octanol–water partition coefficient (Wildman–Crippen LogP) is 0.665. The predicted molar refractivity (Wildman–Crippen MR) is 51.1 cm³/mol. The van der Waals surface area contributed by atoms with Gasteiger partial charge in [0.1, 0.15) is 0 Å². The molecule has 4 N–H and O–H groups in total. The second kappa shape index (κ2) is 4.24. The molecule has 0 spiro atoms. The molecule has 0 aliphatic carbocycles. The molecule has 0 amide bonds. The highest BCUT2D eigenvalue weighted by Crippen LogP contribution is 2.21. The second-order valence-electron chi connectivity index (χ2n) is 2.12. The first kappa shape index (κ1) is 10.0. The van der Waals surface area contributed by atoms with Crippen molar-refractivity contribution < 1.29 is 4.39 Å². The summed E-state index contributed by atoms with van der Waals surface area (Å²) in [5, 5.41) is 3.07. The van der Waals surface area contributed by atoms with Gasteiger partial charge in [-0.1, -0.05) is 11.8 Å². The highest BCUT2D eigenvalue weighted by Gasteiger charge is 2.11. The standard InChI is InChI=1S/C6H10FN5S/c1-9-4-3(7)5(12-8)11-6(10-4)13-2/h8H2,1-2H3,(H2,9,10,11,12). The van der Waals surface area contributed by atoms with Crippen molar-refractivity contribution in [3.8, 4) is 0 Å². The van der Waals surface area contributed by atoms with E-state index in [1.165, 1.54) is 11.8 Å². The molecular formula is C6H10FN5S. The minimum Gasteiger partial charge on any atom is -0.371 e. The molecule has 72 valence electrons. The maximum Gasteiger partial charge on any atom is 0.209 e. The first-order valence-corrected chi connectivity index (χ1v) is 4.71. The van der Waals surface area contributed by atoms with E-state index in [0.717, 1.165) is 0 Å². The molecule has 0 aromatic carbocycles. The van der Waals surface area contributed by atoms with Crippen LogP contribution >= 0.6 is 11.8 Å². The lowest BCUT2D eigenvalue weighted by Crippen LogP contribution is -2.13. The number of nitrogens with two attached hydrogens (primary N) is 1. The minimum atomic E-state index is -0.581. The van der Waals surface area contributed by atoms with Crippen LogP contribution in [0, 0.1) is 5.82 Å². The number of nitrogens with zero attached hydrogens (tertiary/aromatic N) is 2. The summed E-state index contributed by atoms with van der Waals surface area (Å²) < 4.78 is 13.3. The van der Waals surface area contributed by atoms with Crippen molar-refractivity contribution in [2.45, 2.75) is 5.16 Å². The molecule has 5 nitrogen and oxygen atoms in total. The lowest BCUT2D eigenvalue weighted by molar-refractivity contribution is 0.615. The van der Waals surface area contributed by atoms with E-state index in [-0.39, 0.29) is 11.6 Å². The Kier molecular flexibility index (Phi) is 3.26. The summed E-state index contributed by atoms with van der Waals surface area (Å²) in [4.78, 5) is 7.71. The van der Waals surface area contributed by atoms with Gasteiger partial charge < -0.3 is 10.7 Å². The maximum atomic E-state index is 13.3. The number of thioether (sulfide) groups is 1. The van der Waals surface area contributed by atoms with Crippen molar-refractivity contribution in [1.29, 1.82) is 0 Å². The van der Waals surface area contributed by atoms with Crippen LogP contribution in [0.4, 0.5) is 16.0 Å². The SMILES string of the molecule is CNc1nc(SC)nc(NN)c1F. The molecule has 0 radical (unpaired) electrons. The molecule has 0 saturated heterocycles. The number of anilines is 2. The minimum absolute atomic E-state index is 0.0105. The number of halogens is 1. The van der Waals surface area contributed by atoms with Crippen molar-refractivity contribution in [2.24, 2.45) is 5.84 Å². The molecule has 1 heterocycles. The summed E-state index contributed by atoms with van der Waals surface area (Å²) in [6.07, 6.45) is 1.80. The number of nitrogen functional groups attached to an aromatic ring is 1. The van der Waals surface area contributed by atoms with Crippen LogP contribution in [0.2, 0.25) is 0 Å². The van der Waals surface area contributed by atoms with Gasteiger partial charge in [-0.3, -0.25) is 0 Å². The Morgan fingerprint density at radius 1 is 1.38 bits per heavy atom. The first-order chi connectivity index (χ1) is 6.22. The van der Waals surface area contributed by atoms with E-state index in [2.05, 4.69) is 20.7 Å². The average molecular weight is 203 g/mol. The van der Waals surface area contributed by atoms with Gasteiger partial charge in [0, 0.05) is 7.05 Å². The van der Waals surface area contributed by atoms with Crippen LogP contribution in [-0.4, -0.2) is 23.3 Å². The smallest absolute Gasteiger partial charge is 0.209 e. The van der Waals surface area contributed by atoms with Gasteiger partial charge in [0.15, 0.2) is 16.8 Å². The van der Waals surface area contributed by atoms with Crippen LogP contribution in [0.25, 0.3) is 0 Å². The summed E-state index contributed by atoms with van der Waals surface area (Å²) in [6, 6.07) is 0. The number of hydrogen-bond acceptors (Lipinski definition) is 6. The fourth-order valence-corrected chi connectivity index (χ4v) is 1.14. The van der Waals surface area contributed by atoms with E-state index in [9.17, 15) is 4.39 Å². The summed E-state index contributed by atoms with van der Waals surface area (Å²) in [6.45, 7) is 0. The Labute approximate surface area is 79.3 Å². The maximum absolute atomic E-state index is 13.3. The quantitative estimate of drug-likeness (QED) is 0.290. The van der Waals surface area contributed by atoms with Crippen molar-refractivity contribution in [2.75, 3.05) is 24.0 Å². The summed E-state index contributed by atoms with van der Waals surface area (Å²) in [5.74, 6) is 4.62. The summed E-state index contributed by atoms with van der Waals surface area (Å²) >= 11 is 1.31. The van der Waals surface area contributed by atoms with Crippen LogP contribution in [0.5, 0.6) is 0 Å². The zero-order valence-corrected chi connectivity index (χ0v) is 8.07. The van der Waals surface area contributed by atoms with Gasteiger partial charge in [0.05, 0.1) is 0 Å². The van der Waals surface area contributed by atoms with Crippen LogP contribution < -0.4 is 16.6 Å². The Hall–Kier alpha value is -1.08. The normalized spacial score (nSPS) is 9.85. The van der Waals surface area contributed by atoms with Crippen molar-refractivity contribution in [1.82, 2.24) is 9.97 Å². The fourth-order valence-electron chi connectivity index (χ4n) is 0.779. The summed E-state index contributed by atoms with van der Waals surface area (Å²) in [5.41, 5.74) is 2.17. The van der Waals surface area contributed by atoms with Gasteiger partial charge in [-0.15, -0.1) is 0 Å². The molecule has 0 aliphatic rings. The fraction of sp³-hybridized carbons (Fsp3) is 0.333. The second-order valence-corrected chi connectivity index (χ2v) is 2.89. The van der Waals surface area contributed by atoms with E-state index < -0.39 is 5.82 Å². The van der Waals surface area contributed by atoms with Gasteiger partial charge in [0.2, 0.25) is 5.82 Å². The van der Waals surface area contributed by atoms with Gasteiger partial charge in [-0.2, -0.15) is 4.39 Å². The van der Waals surface area contributed by atoms with Gasteiger partial charge in [-0.05, 0) is 6.26 Å². The van der Waals surface area contributed by atoms with Crippen LogP contribution in [0.1, 0.15) is 0 Å². The molecule has 1 rings (SSSR count). The topological polar surface area (TPSA) is 75.9 Å². The number of hydrazine groups is 1. The molecule has 1 aromatic rings. The lowest BCUT2D eigenvalue weighted by atomic mass is 10.5. The zero-order chi connectivity index (χ0) is 9.84. The molecule has 0 aliphatic heterocycles. The van der Waals surface area contributed by atoms with E-state index in [4.69, 9.17) is 5.84 Å². The van der Waals surface area contributed by atoms with Crippen molar-refractivity contribution >= 4 is 23.4 Å². The monoisotopic (exact) mass is 203 g/mol. The van der Waals surface area contributed by atoms with E-state index >= 15 is 0 Å². The highest BCUT2D eigenvalue weighted by molar-refractivity contribution is 7.98. The van der Waals surface area contributed by atoms with E-state index in [1.54, 1.807) is 13.3 Å². The molecule has 0 atom stereocenters. The average Bonchev–Trinajstić information content (AvgIpc) is 2.18. The van der Waals surface area contributed by atoms with Crippen molar-refractivity contribution in [3.05, 3.63) is 5.82 Å². The molecule has 0 saturated carbocycles. The largest absolute Gasteiger partial charge is 0.371 e. The van der Waals surface area contributed by atoms with Crippen molar-refractivity contribution in [3.63, 3.8) is 0 Å². The Bertz CT molecular complexity index is 280. The van der Waals surface area contributed by atoms with Gasteiger partial charge in [-0.25, -0.2) is 15.8 Å². The van der Waals surface area contributed by atoms with Crippen LogP contribution in [0.15, 0.2) is 5.16 Å². The Balaban J connectivity index is 3.20. The highest BCUT2D eigenvalue weighted by atomic mass is 32.2. The van der Waals surface area contributed by atoms with Crippen LogP contribution in [-0.2, 0) is 0 Å². The Morgan fingerprint density at radius 3 is 2.46 bits per heavy atom. The third kappa shape index (κ3) is 1.99. The molecule has 7 heteroatoms. The van der Waals surface area contributed by atoms with Gasteiger partial charge >= 0.3 is 0 Å². The van der Waals surface area contributed by atoms with Crippen LogP contribution in [0.3, 0.4) is 0 Å². The third-order valence-corrected chi connectivity index (χ3v) is 1.93. The zero-order valence-electron chi connectivity index (χ0n) is 7.26. The number of hydrogen-bond donors (Lipinski definition) is 3. The number of nitrogens with one attached hydrogen (secondary N) is 2. The van der Waals surface area contributed by atoms with Gasteiger partial charge in [0.25, 0.3) is 0 Å². The third-order valence-electron chi connectivity index (χ3n) is 1.39. The molecule has 1 aromatic heterocycles. The molecule has 0 bridgehead atoms. The Morgan fingerprint density at radius 2 is 2.00 bits per heavy atom. The molecular weight excluding hydrogens is 193 g/mol. The van der Waals surface area contributed by atoms with E-state index in [0.29, 0.717) is 5.16 Å². The molecule has 0 fully saturated rings. The molecule has 0 unspecified atom stereocenters. The summed E-state index contributed by atoms with van der Waals surface area (Å²) in [7, 11) is 1.58. The first-order valence-electron chi connectivity index (χ1n) is 3.48.